The van der Waals surface area contributed by atoms with E-state index in [4.69, 9.17) is 0 Å². The molecule has 1 aliphatic heterocycles. The molecule has 1 N–H and O–H groups in total. The Labute approximate surface area is 88.0 Å². The number of nitrogens with one attached hydrogen (secondary N) is 1. The molecule has 1 fully saturated rings. The summed E-state index contributed by atoms with van der Waals surface area (Å²) in [6.07, 6.45) is 0. The van der Waals surface area contributed by atoms with Crippen LogP contribution in [0.25, 0.3) is 0 Å². The van der Waals surface area contributed by atoms with Crippen LogP contribution in [0.3, 0.4) is 0 Å². The molecular weight excluding hydrogens is 232 g/mol. The molecule has 0 spiro atoms. The van der Waals surface area contributed by atoms with Gasteiger partial charge in [0.2, 0.25) is 5.91 Å². The van der Waals surface area contributed by atoms with Crippen LogP contribution < -0.4 is 5.32 Å². The van der Waals surface area contributed by atoms with Crippen LogP contribution in [0.5, 0.6) is 0 Å². The van der Waals surface area contributed by atoms with Crippen molar-refractivity contribution in [2.75, 3.05) is 20.1 Å². The number of hydrogen-bond acceptors (Lipinski definition) is 2. The van der Waals surface area contributed by atoms with Crippen molar-refractivity contribution >= 4 is 21.8 Å². The van der Waals surface area contributed by atoms with Gasteiger partial charge in [-0.15, -0.1) is 0 Å². The van der Waals surface area contributed by atoms with Crippen LogP contribution in [0.2, 0.25) is 0 Å². The minimum atomic E-state index is -0.0570. The van der Waals surface area contributed by atoms with Gasteiger partial charge in [0.15, 0.2) is 0 Å². The predicted octanol–water partition coefficient (Wildman–Crippen LogP) is 0.836. The Balaban J connectivity index is 2.25. The highest BCUT2D eigenvalue weighted by Gasteiger charge is 2.27. The lowest BCUT2D eigenvalue weighted by molar-refractivity contribution is -0.122. The molecule has 1 aliphatic rings. The quantitative estimate of drug-likeness (QED) is 0.751. The summed E-state index contributed by atoms with van der Waals surface area (Å²) in [6.45, 7) is 6.02. The average Bonchev–Trinajstić information content (AvgIpc) is 2.00. The van der Waals surface area contributed by atoms with Gasteiger partial charge < -0.3 is 10.2 Å². The fourth-order valence-electron chi connectivity index (χ4n) is 1.37. The van der Waals surface area contributed by atoms with E-state index in [2.05, 4.69) is 33.2 Å². The second-order valence-electron chi connectivity index (χ2n) is 4.07. The summed E-state index contributed by atoms with van der Waals surface area (Å²) < 4.78 is 0. The number of nitrogens with zero attached hydrogens (tertiary/aromatic N) is 1. The molecule has 0 bridgehead atoms. The molecule has 0 radical (unpaired) electrons. The lowest BCUT2D eigenvalue weighted by Crippen LogP contribution is -2.58. The zero-order valence-corrected chi connectivity index (χ0v) is 9.97. The Kier molecular flexibility index (Phi) is 3.74. The zero-order valence-electron chi connectivity index (χ0n) is 8.38. The third-order valence-electron chi connectivity index (χ3n) is 2.25. The maximum absolute atomic E-state index is 11.5. The van der Waals surface area contributed by atoms with E-state index in [9.17, 15) is 4.79 Å². The number of likely N-dealkylation sites (tertiary alicyclic amines) is 1. The lowest BCUT2D eigenvalue weighted by atomic mass is 10.1. The normalized spacial score (nSPS) is 21.3. The summed E-state index contributed by atoms with van der Waals surface area (Å²) in [4.78, 5) is 13.6. The van der Waals surface area contributed by atoms with E-state index in [1.165, 1.54) is 0 Å². The number of carbonyl (C=O) groups is 1. The Morgan fingerprint density at radius 1 is 1.54 bits per heavy atom. The molecule has 0 saturated carbocycles. The number of rotatable bonds is 3. The van der Waals surface area contributed by atoms with Gasteiger partial charge in [0.05, 0.1) is 10.9 Å². The molecular formula is C9H17BrN2O. The van der Waals surface area contributed by atoms with Crippen LogP contribution in [0.4, 0.5) is 0 Å². The maximum atomic E-state index is 11.5. The first-order valence-corrected chi connectivity index (χ1v) is 5.55. The summed E-state index contributed by atoms with van der Waals surface area (Å²) in [6, 6.07) is 0.358. The number of hydrogen-bond donors (Lipinski definition) is 1. The van der Waals surface area contributed by atoms with Gasteiger partial charge in [-0.1, -0.05) is 29.8 Å². The van der Waals surface area contributed by atoms with Gasteiger partial charge in [0.25, 0.3) is 0 Å². The molecule has 1 heterocycles. The van der Waals surface area contributed by atoms with Crippen LogP contribution in [0.1, 0.15) is 13.8 Å². The molecule has 1 rings (SSSR count). The molecule has 0 aromatic heterocycles. The molecule has 0 aromatic rings. The van der Waals surface area contributed by atoms with E-state index in [1.807, 2.05) is 13.8 Å². The molecule has 1 unspecified atom stereocenters. The smallest absolute Gasteiger partial charge is 0.234 e. The van der Waals surface area contributed by atoms with Crippen molar-refractivity contribution in [1.29, 1.82) is 0 Å². The second kappa shape index (κ2) is 4.42. The highest BCUT2D eigenvalue weighted by atomic mass is 79.9. The van der Waals surface area contributed by atoms with Gasteiger partial charge in [-0.3, -0.25) is 4.79 Å². The molecule has 1 amide bonds. The van der Waals surface area contributed by atoms with Crippen molar-refractivity contribution in [3.05, 3.63) is 0 Å². The number of likely N-dealkylation sites (N-methyl/N-ethyl adjacent to an activating group) is 1. The van der Waals surface area contributed by atoms with Gasteiger partial charge in [0, 0.05) is 13.1 Å². The largest absolute Gasteiger partial charge is 0.350 e. The monoisotopic (exact) mass is 248 g/mol. The molecule has 4 heteroatoms. The third kappa shape index (κ3) is 2.95. The third-order valence-corrected chi connectivity index (χ3v) is 3.72. The minimum absolute atomic E-state index is 0.0570. The first kappa shape index (κ1) is 11.0. The molecule has 3 nitrogen and oxygen atoms in total. The molecule has 0 aromatic carbocycles. The van der Waals surface area contributed by atoms with Crippen LogP contribution >= 0.6 is 15.9 Å². The fourth-order valence-corrected chi connectivity index (χ4v) is 1.51. The maximum Gasteiger partial charge on any atom is 0.234 e. The Morgan fingerprint density at radius 2 is 2.08 bits per heavy atom. The topological polar surface area (TPSA) is 32.3 Å². The van der Waals surface area contributed by atoms with Crippen LogP contribution in [-0.2, 0) is 4.79 Å². The van der Waals surface area contributed by atoms with Crippen molar-refractivity contribution in [1.82, 2.24) is 10.2 Å². The number of amides is 1. The molecule has 1 saturated heterocycles. The predicted molar refractivity (Wildman–Crippen MR) is 57.0 cm³/mol. The van der Waals surface area contributed by atoms with Gasteiger partial charge >= 0.3 is 0 Å². The SMILES string of the molecule is CC(C)C(Br)C(=O)NC1CN(C)C1. The highest BCUT2D eigenvalue weighted by Crippen LogP contribution is 2.13. The Hall–Kier alpha value is -0.0900. The van der Waals surface area contributed by atoms with Gasteiger partial charge in [-0.25, -0.2) is 0 Å². The number of alkyl halides is 1. The lowest BCUT2D eigenvalue weighted by Gasteiger charge is -2.37. The average molecular weight is 249 g/mol. The minimum Gasteiger partial charge on any atom is -0.350 e. The van der Waals surface area contributed by atoms with Gasteiger partial charge in [0.1, 0.15) is 0 Å². The van der Waals surface area contributed by atoms with E-state index in [0.717, 1.165) is 13.1 Å². The van der Waals surface area contributed by atoms with E-state index in [-0.39, 0.29) is 10.7 Å². The molecule has 0 aliphatic carbocycles. The molecule has 76 valence electrons. The van der Waals surface area contributed by atoms with Crippen molar-refractivity contribution < 1.29 is 4.79 Å². The van der Waals surface area contributed by atoms with E-state index in [0.29, 0.717) is 12.0 Å². The Morgan fingerprint density at radius 3 is 2.46 bits per heavy atom. The summed E-state index contributed by atoms with van der Waals surface area (Å²) in [5.74, 6) is 0.464. The van der Waals surface area contributed by atoms with Gasteiger partial charge in [-0.2, -0.15) is 0 Å². The first-order valence-electron chi connectivity index (χ1n) is 4.63. The van der Waals surface area contributed by atoms with Crippen molar-refractivity contribution in [3.8, 4) is 0 Å². The van der Waals surface area contributed by atoms with Gasteiger partial charge in [-0.05, 0) is 13.0 Å². The summed E-state index contributed by atoms with van der Waals surface area (Å²) in [5, 5.41) is 3.00. The van der Waals surface area contributed by atoms with Crippen molar-refractivity contribution in [3.63, 3.8) is 0 Å². The summed E-state index contributed by atoms with van der Waals surface area (Å²) >= 11 is 3.38. The van der Waals surface area contributed by atoms with Crippen LogP contribution in [0.15, 0.2) is 0 Å². The number of halogens is 1. The zero-order chi connectivity index (χ0) is 10.0. The van der Waals surface area contributed by atoms with Crippen molar-refractivity contribution in [2.45, 2.75) is 24.7 Å². The van der Waals surface area contributed by atoms with Crippen molar-refractivity contribution in [2.24, 2.45) is 5.92 Å². The molecule has 13 heavy (non-hydrogen) atoms. The van der Waals surface area contributed by atoms with Crippen LogP contribution in [-0.4, -0.2) is 41.8 Å². The number of carbonyl (C=O) groups excluding carboxylic acids is 1. The summed E-state index contributed by atoms with van der Waals surface area (Å²) in [7, 11) is 2.05. The highest BCUT2D eigenvalue weighted by molar-refractivity contribution is 9.10. The first-order chi connectivity index (χ1) is 6.00. The summed E-state index contributed by atoms with van der Waals surface area (Å²) in [5.41, 5.74) is 0. The standard InChI is InChI=1S/C9H17BrN2O/c1-6(2)8(10)9(13)11-7-4-12(3)5-7/h6-8H,4-5H2,1-3H3,(H,11,13). The Bertz CT molecular complexity index is 190. The van der Waals surface area contributed by atoms with E-state index >= 15 is 0 Å². The van der Waals surface area contributed by atoms with E-state index in [1.54, 1.807) is 0 Å². The van der Waals surface area contributed by atoms with E-state index < -0.39 is 0 Å². The molecule has 1 atom stereocenters. The van der Waals surface area contributed by atoms with Crippen LogP contribution in [0, 0.1) is 5.92 Å². The fraction of sp³-hybridized carbons (Fsp3) is 0.889. The second-order valence-corrected chi connectivity index (χ2v) is 5.06.